The Morgan fingerprint density at radius 2 is 2.11 bits per heavy atom. The Kier molecular flexibility index (Phi) is 5.12. The molecule has 0 aromatic heterocycles. The fraction of sp³-hybridized carbons (Fsp3) is 0.333. The van der Waals surface area contributed by atoms with Gasteiger partial charge in [-0.2, -0.15) is 0 Å². The number of benzene rings is 1. The standard InChI is InChI=1S/C12H15ClN2O3/c1-2-18-12(17)10(15)6-11(16)8-4-3-7(13)5-9(8)14/h3-5,10H,2,6,14-15H2,1H3. The lowest BCUT2D eigenvalue weighted by atomic mass is 10.0. The summed E-state index contributed by atoms with van der Waals surface area (Å²) in [6, 6.07) is 3.57. The first-order chi connectivity index (χ1) is 8.45. The molecule has 1 aromatic rings. The summed E-state index contributed by atoms with van der Waals surface area (Å²) in [6.07, 6.45) is -0.148. The number of carbonyl (C=O) groups excluding carboxylic acids is 2. The molecule has 0 aliphatic carbocycles. The van der Waals surface area contributed by atoms with Crippen molar-refractivity contribution in [1.82, 2.24) is 0 Å². The quantitative estimate of drug-likeness (QED) is 0.479. The van der Waals surface area contributed by atoms with E-state index in [1.807, 2.05) is 0 Å². The predicted molar refractivity (Wildman–Crippen MR) is 69.4 cm³/mol. The number of carbonyl (C=O) groups is 2. The van der Waals surface area contributed by atoms with Crippen molar-refractivity contribution in [1.29, 1.82) is 0 Å². The Labute approximate surface area is 110 Å². The molecule has 18 heavy (non-hydrogen) atoms. The highest BCUT2D eigenvalue weighted by atomic mass is 35.5. The second-order valence-electron chi connectivity index (χ2n) is 3.72. The molecule has 0 aliphatic rings. The van der Waals surface area contributed by atoms with Gasteiger partial charge in [0.15, 0.2) is 5.78 Å². The summed E-state index contributed by atoms with van der Waals surface area (Å²) in [4.78, 5) is 23.2. The van der Waals surface area contributed by atoms with Crippen molar-refractivity contribution >= 4 is 29.0 Å². The molecule has 0 radical (unpaired) electrons. The van der Waals surface area contributed by atoms with Gasteiger partial charge in [-0.05, 0) is 25.1 Å². The van der Waals surface area contributed by atoms with Crippen LogP contribution in [0.15, 0.2) is 18.2 Å². The molecule has 4 N–H and O–H groups in total. The number of nitrogens with two attached hydrogens (primary N) is 2. The number of hydrogen-bond donors (Lipinski definition) is 2. The van der Waals surface area contributed by atoms with Gasteiger partial charge in [-0.15, -0.1) is 0 Å². The zero-order valence-corrected chi connectivity index (χ0v) is 10.7. The minimum absolute atomic E-state index is 0.148. The van der Waals surface area contributed by atoms with Crippen molar-refractivity contribution in [2.45, 2.75) is 19.4 Å². The lowest BCUT2D eigenvalue weighted by Gasteiger charge is -2.10. The zero-order chi connectivity index (χ0) is 13.7. The van der Waals surface area contributed by atoms with Crippen LogP contribution in [-0.2, 0) is 9.53 Å². The summed E-state index contributed by atoms with van der Waals surface area (Å²) < 4.78 is 4.72. The third-order valence-electron chi connectivity index (χ3n) is 2.31. The van der Waals surface area contributed by atoms with Crippen molar-refractivity contribution in [3.05, 3.63) is 28.8 Å². The van der Waals surface area contributed by atoms with E-state index in [0.717, 1.165) is 0 Å². The van der Waals surface area contributed by atoms with Crippen LogP contribution in [0.2, 0.25) is 5.02 Å². The number of ether oxygens (including phenoxy) is 1. The van der Waals surface area contributed by atoms with Gasteiger partial charge >= 0.3 is 5.97 Å². The van der Waals surface area contributed by atoms with Crippen molar-refractivity contribution in [2.75, 3.05) is 12.3 Å². The maximum atomic E-state index is 11.9. The van der Waals surface area contributed by atoms with E-state index < -0.39 is 12.0 Å². The molecule has 1 rings (SSSR count). The van der Waals surface area contributed by atoms with E-state index in [4.69, 9.17) is 27.8 Å². The van der Waals surface area contributed by atoms with Crippen molar-refractivity contribution in [3.8, 4) is 0 Å². The molecule has 1 aromatic carbocycles. The minimum Gasteiger partial charge on any atom is -0.465 e. The summed E-state index contributed by atoms with van der Waals surface area (Å²) in [5.74, 6) is -0.914. The number of ketones is 1. The number of Topliss-reactive ketones (excluding diaryl/α,β-unsaturated/α-hetero) is 1. The van der Waals surface area contributed by atoms with E-state index in [9.17, 15) is 9.59 Å². The molecule has 0 heterocycles. The fourth-order valence-electron chi connectivity index (χ4n) is 1.43. The van der Waals surface area contributed by atoms with Crippen LogP contribution >= 0.6 is 11.6 Å². The topological polar surface area (TPSA) is 95.4 Å². The molecular formula is C12H15ClN2O3. The highest BCUT2D eigenvalue weighted by Gasteiger charge is 2.20. The average molecular weight is 271 g/mol. The van der Waals surface area contributed by atoms with Crippen LogP contribution in [0, 0.1) is 0 Å². The number of anilines is 1. The van der Waals surface area contributed by atoms with E-state index in [0.29, 0.717) is 10.6 Å². The van der Waals surface area contributed by atoms with Crippen molar-refractivity contribution in [2.24, 2.45) is 5.73 Å². The molecule has 5 nitrogen and oxygen atoms in total. The Morgan fingerprint density at radius 1 is 1.44 bits per heavy atom. The smallest absolute Gasteiger partial charge is 0.323 e. The highest BCUT2D eigenvalue weighted by Crippen LogP contribution is 2.19. The summed E-state index contributed by atoms with van der Waals surface area (Å²) in [6.45, 7) is 1.90. The molecule has 0 spiro atoms. The van der Waals surface area contributed by atoms with Crippen LogP contribution in [0.3, 0.4) is 0 Å². The van der Waals surface area contributed by atoms with Crippen LogP contribution in [0.25, 0.3) is 0 Å². The largest absolute Gasteiger partial charge is 0.465 e. The van der Waals surface area contributed by atoms with E-state index in [1.165, 1.54) is 12.1 Å². The predicted octanol–water partition coefficient (Wildman–Crippen LogP) is 1.39. The molecule has 0 aliphatic heterocycles. The average Bonchev–Trinajstić information content (AvgIpc) is 2.28. The summed E-state index contributed by atoms with van der Waals surface area (Å²) >= 11 is 5.73. The van der Waals surface area contributed by atoms with Gasteiger partial charge in [-0.1, -0.05) is 11.6 Å². The molecule has 6 heteroatoms. The highest BCUT2D eigenvalue weighted by molar-refractivity contribution is 6.31. The van der Waals surface area contributed by atoms with Crippen LogP contribution in [0.5, 0.6) is 0 Å². The van der Waals surface area contributed by atoms with Crippen LogP contribution in [0.4, 0.5) is 5.69 Å². The van der Waals surface area contributed by atoms with Gasteiger partial charge in [0.1, 0.15) is 6.04 Å². The van der Waals surface area contributed by atoms with E-state index >= 15 is 0 Å². The minimum atomic E-state index is -0.979. The number of nitrogen functional groups attached to an aromatic ring is 1. The molecule has 98 valence electrons. The second kappa shape index (κ2) is 6.37. The molecule has 0 amide bonds. The van der Waals surface area contributed by atoms with Crippen molar-refractivity contribution < 1.29 is 14.3 Å². The van der Waals surface area contributed by atoms with Gasteiger partial charge in [0.25, 0.3) is 0 Å². The van der Waals surface area contributed by atoms with Gasteiger partial charge in [-0.25, -0.2) is 0 Å². The Bertz CT molecular complexity index is 463. The number of esters is 1. The Morgan fingerprint density at radius 3 is 2.67 bits per heavy atom. The zero-order valence-electron chi connectivity index (χ0n) is 9.98. The van der Waals surface area contributed by atoms with E-state index in [-0.39, 0.29) is 24.5 Å². The Balaban J connectivity index is 2.73. The molecule has 0 fully saturated rings. The fourth-order valence-corrected chi connectivity index (χ4v) is 1.61. The van der Waals surface area contributed by atoms with Crippen molar-refractivity contribution in [3.63, 3.8) is 0 Å². The first-order valence-electron chi connectivity index (χ1n) is 5.46. The van der Waals surface area contributed by atoms with Crippen LogP contribution in [-0.4, -0.2) is 24.4 Å². The van der Waals surface area contributed by atoms with Gasteiger partial charge in [0.2, 0.25) is 0 Å². The monoisotopic (exact) mass is 270 g/mol. The molecule has 0 saturated carbocycles. The molecule has 1 atom stereocenters. The second-order valence-corrected chi connectivity index (χ2v) is 4.15. The van der Waals surface area contributed by atoms with Gasteiger partial charge < -0.3 is 16.2 Å². The van der Waals surface area contributed by atoms with E-state index in [2.05, 4.69) is 0 Å². The summed E-state index contributed by atoms with van der Waals surface area (Å²) in [5.41, 5.74) is 11.8. The van der Waals surface area contributed by atoms with Gasteiger partial charge in [0, 0.05) is 22.7 Å². The normalized spacial score (nSPS) is 11.9. The number of hydrogen-bond acceptors (Lipinski definition) is 5. The van der Waals surface area contributed by atoms with Crippen LogP contribution < -0.4 is 11.5 Å². The molecule has 1 unspecified atom stereocenters. The van der Waals surface area contributed by atoms with E-state index in [1.54, 1.807) is 13.0 Å². The molecular weight excluding hydrogens is 256 g/mol. The maximum absolute atomic E-state index is 11.9. The number of halogens is 1. The first kappa shape index (κ1) is 14.5. The Hall–Kier alpha value is -1.59. The SMILES string of the molecule is CCOC(=O)C(N)CC(=O)c1ccc(Cl)cc1N. The third kappa shape index (κ3) is 3.72. The maximum Gasteiger partial charge on any atom is 0.323 e. The summed E-state index contributed by atoms with van der Waals surface area (Å²) in [7, 11) is 0. The molecule has 0 bridgehead atoms. The third-order valence-corrected chi connectivity index (χ3v) is 2.54. The van der Waals surface area contributed by atoms with Gasteiger partial charge in [-0.3, -0.25) is 9.59 Å². The number of rotatable bonds is 5. The summed E-state index contributed by atoms with van der Waals surface area (Å²) in [5, 5.41) is 0.443. The lowest BCUT2D eigenvalue weighted by molar-refractivity contribution is -0.144. The van der Waals surface area contributed by atoms with Gasteiger partial charge in [0.05, 0.1) is 6.61 Å². The van der Waals surface area contributed by atoms with Crippen LogP contribution in [0.1, 0.15) is 23.7 Å². The lowest BCUT2D eigenvalue weighted by Crippen LogP contribution is -2.34. The molecule has 0 saturated heterocycles. The first-order valence-corrected chi connectivity index (χ1v) is 5.84.